The molecular formula is C14H12Br2N2O4. The predicted molar refractivity (Wildman–Crippen MR) is 86.7 cm³/mol. The Morgan fingerprint density at radius 3 is 2.64 bits per heavy atom. The number of ether oxygens (including phenoxy) is 3. The van der Waals surface area contributed by atoms with Gasteiger partial charge in [-0.1, -0.05) is 0 Å². The number of carbonyl (C=O) groups is 1. The number of rotatable bonds is 5. The predicted octanol–water partition coefficient (Wildman–Crippen LogP) is 3.44. The number of benzene rings is 1. The monoisotopic (exact) mass is 430 g/mol. The van der Waals surface area contributed by atoms with E-state index in [0.717, 1.165) is 5.69 Å². The third kappa shape index (κ3) is 3.89. The molecule has 0 fully saturated rings. The summed E-state index contributed by atoms with van der Waals surface area (Å²) in [7, 11) is 2.68. The highest BCUT2D eigenvalue weighted by atomic mass is 79.9. The Morgan fingerprint density at radius 2 is 2.05 bits per heavy atom. The first-order chi connectivity index (χ1) is 10.5. The van der Waals surface area contributed by atoms with Crippen LogP contribution in [0.25, 0.3) is 5.69 Å². The van der Waals surface area contributed by atoms with E-state index >= 15 is 0 Å². The number of esters is 1. The number of aromatic nitrogens is 2. The number of halogens is 2. The van der Waals surface area contributed by atoms with Crippen LogP contribution >= 0.6 is 31.9 Å². The Bertz CT molecular complexity index is 713. The Morgan fingerprint density at radius 1 is 1.27 bits per heavy atom. The summed E-state index contributed by atoms with van der Waals surface area (Å²) in [5.74, 6) is -0.275. The first-order valence-corrected chi connectivity index (χ1v) is 7.64. The van der Waals surface area contributed by atoms with Crippen molar-refractivity contribution >= 4 is 37.8 Å². The van der Waals surface area contributed by atoms with E-state index < -0.39 is 5.97 Å². The van der Waals surface area contributed by atoms with E-state index in [1.165, 1.54) is 20.5 Å². The normalized spacial score (nSPS) is 11.2. The molecule has 0 amide bonds. The topological polar surface area (TPSA) is 62.6 Å². The van der Waals surface area contributed by atoms with Gasteiger partial charge in [0.1, 0.15) is 16.6 Å². The molecule has 116 valence electrons. The fourth-order valence-corrected chi connectivity index (χ4v) is 2.21. The Labute approximate surface area is 143 Å². The number of hydrogen-bond donors (Lipinski definition) is 0. The quantitative estimate of drug-likeness (QED) is 0.412. The van der Waals surface area contributed by atoms with Gasteiger partial charge in [0, 0.05) is 12.3 Å². The molecule has 0 saturated heterocycles. The molecule has 8 heteroatoms. The fourth-order valence-electron chi connectivity index (χ4n) is 1.60. The fraction of sp³-hybridized carbons (Fsp3) is 0.143. The molecule has 0 aliphatic carbocycles. The molecule has 0 radical (unpaired) electrons. The third-order valence-electron chi connectivity index (χ3n) is 2.57. The van der Waals surface area contributed by atoms with Crippen molar-refractivity contribution in [1.82, 2.24) is 9.78 Å². The van der Waals surface area contributed by atoms with Crippen molar-refractivity contribution in [3.63, 3.8) is 0 Å². The summed E-state index contributed by atoms with van der Waals surface area (Å²) in [6, 6.07) is 7.19. The van der Waals surface area contributed by atoms with Crippen molar-refractivity contribution in [1.29, 1.82) is 0 Å². The summed E-state index contributed by atoms with van der Waals surface area (Å²) in [6.45, 7) is 0. The lowest BCUT2D eigenvalue weighted by Gasteiger charge is -2.11. The van der Waals surface area contributed by atoms with Gasteiger partial charge in [-0.2, -0.15) is 5.10 Å². The summed E-state index contributed by atoms with van der Waals surface area (Å²) in [5.41, 5.74) is 0.769. The van der Waals surface area contributed by atoms with Crippen molar-refractivity contribution in [2.24, 2.45) is 0 Å². The Balaban J connectivity index is 2.34. The minimum atomic E-state index is -0.638. The van der Waals surface area contributed by atoms with Crippen LogP contribution < -0.4 is 4.74 Å². The van der Waals surface area contributed by atoms with Crippen LogP contribution in [0.2, 0.25) is 0 Å². The van der Waals surface area contributed by atoms with E-state index in [2.05, 4.69) is 41.7 Å². The van der Waals surface area contributed by atoms with Crippen LogP contribution in [-0.2, 0) is 14.3 Å². The van der Waals surface area contributed by atoms with Crippen LogP contribution in [0.3, 0.4) is 0 Å². The highest BCUT2D eigenvalue weighted by Crippen LogP contribution is 2.29. The van der Waals surface area contributed by atoms with Crippen molar-refractivity contribution in [2.75, 3.05) is 14.2 Å². The molecule has 22 heavy (non-hydrogen) atoms. The molecule has 0 spiro atoms. The van der Waals surface area contributed by atoms with E-state index in [0.29, 0.717) is 14.8 Å². The minimum Gasteiger partial charge on any atom is -0.500 e. The van der Waals surface area contributed by atoms with Crippen molar-refractivity contribution < 1.29 is 19.0 Å². The second-order valence-corrected chi connectivity index (χ2v) is 5.68. The molecule has 0 aliphatic rings. The van der Waals surface area contributed by atoms with Crippen LogP contribution in [0.1, 0.15) is 0 Å². The lowest BCUT2D eigenvalue weighted by atomic mass is 10.3. The molecule has 6 nitrogen and oxygen atoms in total. The zero-order chi connectivity index (χ0) is 16.1. The van der Waals surface area contributed by atoms with E-state index in [1.54, 1.807) is 23.0 Å². The maximum atomic E-state index is 11.6. The van der Waals surface area contributed by atoms with Gasteiger partial charge in [-0.3, -0.25) is 0 Å². The molecule has 0 atom stereocenters. The average Bonchev–Trinajstić information content (AvgIpc) is 2.94. The van der Waals surface area contributed by atoms with Crippen molar-refractivity contribution in [3.8, 4) is 11.4 Å². The molecular weight excluding hydrogens is 420 g/mol. The second kappa shape index (κ2) is 7.46. The van der Waals surface area contributed by atoms with Gasteiger partial charge in [-0.15, -0.1) is 0 Å². The van der Waals surface area contributed by atoms with Crippen LogP contribution in [0.4, 0.5) is 0 Å². The van der Waals surface area contributed by atoms with E-state index in [1.807, 2.05) is 12.1 Å². The zero-order valence-electron chi connectivity index (χ0n) is 11.7. The summed E-state index contributed by atoms with van der Waals surface area (Å²) >= 11 is 6.67. The van der Waals surface area contributed by atoms with Gasteiger partial charge in [-0.05, 0) is 50.1 Å². The maximum absolute atomic E-state index is 11.6. The number of nitrogens with zero attached hydrogens (tertiary/aromatic N) is 2. The van der Waals surface area contributed by atoms with Gasteiger partial charge in [0.15, 0.2) is 0 Å². The molecule has 0 N–H and O–H groups in total. The highest BCUT2D eigenvalue weighted by molar-refractivity contribution is 9.10. The van der Waals surface area contributed by atoms with Crippen molar-refractivity contribution in [2.45, 2.75) is 0 Å². The first kappa shape index (κ1) is 16.6. The highest BCUT2D eigenvalue weighted by Gasteiger charge is 2.15. The van der Waals surface area contributed by atoms with Gasteiger partial charge >= 0.3 is 5.97 Å². The standard InChI is InChI=1S/C14H12Br2N2O4/c1-20-8-12(14(19)21-2)22-11-7-9(3-4-10(11)15)18-6-5-13(16)17-18/h3-8H,1-2H3/b12-8-. The van der Waals surface area contributed by atoms with E-state index in [-0.39, 0.29) is 5.76 Å². The molecule has 0 aliphatic heterocycles. The van der Waals surface area contributed by atoms with Gasteiger partial charge in [0.25, 0.3) is 0 Å². The van der Waals surface area contributed by atoms with Gasteiger partial charge in [0.05, 0.1) is 24.4 Å². The third-order valence-corrected chi connectivity index (χ3v) is 3.65. The number of carbonyl (C=O) groups excluding carboxylic acids is 1. The molecule has 1 heterocycles. The molecule has 2 aromatic rings. The molecule has 0 unspecified atom stereocenters. The lowest BCUT2D eigenvalue weighted by Crippen LogP contribution is -2.11. The van der Waals surface area contributed by atoms with E-state index in [4.69, 9.17) is 9.47 Å². The first-order valence-electron chi connectivity index (χ1n) is 6.05. The number of methoxy groups -OCH3 is 2. The summed E-state index contributed by atoms with van der Waals surface area (Å²) in [5, 5.41) is 4.25. The zero-order valence-corrected chi connectivity index (χ0v) is 14.9. The molecule has 0 saturated carbocycles. The summed E-state index contributed by atoms with van der Waals surface area (Å²) < 4.78 is 18.1. The van der Waals surface area contributed by atoms with Gasteiger partial charge in [-0.25, -0.2) is 9.48 Å². The minimum absolute atomic E-state index is 0.0653. The lowest BCUT2D eigenvalue weighted by molar-refractivity contribution is -0.138. The molecule has 2 rings (SSSR count). The van der Waals surface area contributed by atoms with Crippen LogP contribution in [0, 0.1) is 0 Å². The van der Waals surface area contributed by atoms with Crippen LogP contribution in [0.15, 0.2) is 51.6 Å². The van der Waals surface area contributed by atoms with Gasteiger partial charge < -0.3 is 14.2 Å². The Kier molecular flexibility index (Phi) is 5.62. The second-order valence-electron chi connectivity index (χ2n) is 4.01. The smallest absolute Gasteiger partial charge is 0.377 e. The van der Waals surface area contributed by atoms with Crippen LogP contribution in [-0.4, -0.2) is 30.0 Å². The molecule has 1 aromatic heterocycles. The molecule has 1 aromatic carbocycles. The van der Waals surface area contributed by atoms with Crippen LogP contribution in [0.5, 0.6) is 5.75 Å². The maximum Gasteiger partial charge on any atom is 0.377 e. The van der Waals surface area contributed by atoms with Crippen molar-refractivity contribution in [3.05, 3.63) is 51.6 Å². The SMILES string of the molecule is CO/C=C(\Oc1cc(-n2ccc(Br)n2)ccc1Br)C(=O)OC. The van der Waals surface area contributed by atoms with E-state index in [9.17, 15) is 4.79 Å². The number of hydrogen-bond acceptors (Lipinski definition) is 5. The molecule has 0 bridgehead atoms. The average molecular weight is 432 g/mol. The summed E-state index contributed by atoms with van der Waals surface area (Å²) in [4.78, 5) is 11.6. The van der Waals surface area contributed by atoms with Gasteiger partial charge in [0.2, 0.25) is 5.76 Å². The Hall–Kier alpha value is -1.80. The summed E-state index contributed by atoms with van der Waals surface area (Å²) in [6.07, 6.45) is 2.97. The largest absolute Gasteiger partial charge is 0.500 e.